The van der Waals surface area contributed by atoms with E-state index in [4.69, 9.17) is 0 Å². The molecule has 1 heteroatoms. The average Bonchev–Trinajstić information content (AvgIpc) is 2.58. The first-order valence-corrected chi connectivity index (χ1v) is 9.14. The van der Waals surface area contributed by atoms with Gasteiger partial charge in [-0.2, -0.15) is 0 Å². The second-order valence-corrected chi connectivity index (χ2v) is 6.49. The van der Waals surface area contributed by atoms with Crippen LogP contribution in [-0.4, -0.2) is 7.05 Å². The molecule has 0 aliphatic heterocycles. The second kappa shape index (κ2) is 8.19. The van der Waals surface area contributed by atoms with E-state index in [9.17, 15) is 0 Å². The average molecular weight is 322 g/mol. The molecule has 0 fully saturated rings. The van der Waals surface area contributed by atoms with Crippen LogP contribution in [0.5, 0.6) is 0 Å². The number of aryl methyl sites for hydroxylation is 2. The molecule has 0 aliphatic rings. The summed E-state index contributed by atoms with van der Waals surface area (Å²) >= 11 is 0. The minimum atomic E-state index is 1.05. The topological polar surface area (TPSA) is 12.0 Å². The van der Waals surface area contributed by atoms with Gasteiger partial charge in [0.1, 0.15) is 0 Å². The molecule has 0 saturated heterocycles. The van der Waals surface area contributed by atoms with Gasteiger partial charge in [0.25, 0.3) is 0 Å². The lowest BCUT2D eigenvalue weighted by molar-refractivity contribution is 0.919. The van der Waals surface area contributed by atoms with Crippen molar-refractivity contribution in [2.24, 2.45) is 0 Å². The molecule has 0 spiro atoms. The van der Waals surface area contributed by atoms with Crippen LogP contribution in [0, 0.1) is 13.8 Å². The van der Waals surface area contributed by atoms with Crippen LogP contribution in [0.2, 0.25) is 0 Å². The molecule has 0 atom stereocenters. The van der Waals surface area contributed by atoms with Crippen molar-refractivity contribution in [2.75, 3.05) is 12.4 Å². The molecule has 0 heterocycles. The Labute approximate surface area is 147 Å². The third-order valence-electron chi connectivity index (χ3n) is 4.83. The Morgan fingerprint density at radius 1 is 1.08 bits per heavy atom. The van der Waals surface area contributed by atoms with Gasteiger partial charge in [-0.3, -0.25) is 0 Å². The van der Waals surface area contributed by atoms with Crippen LogP contribution in [0.25, 0.3) is 17.2 Å². The lowest BCUT2D eigenvalue weighted by Gasteiger charge is -2.19. The molecule has 0 radical (unpaired) electrons. The molecule has 128 valence electrons. The molecule has 0 aromatic heterocycles. The summed E-state index contributed by atoms with van der Waals surface area (Å²) in [6, 6.07) is 9.25. The van der Waals surface area contributed by atoms with Gasteiger partial charge in [-0.25, -0.2) is 0 Å². The van der Waals surface area contributed by atoms with Crippen LogP contribution < -0.4 is 5.32 Å². The minimum absolute atomic E-state index is 1.05. The molecule has 0 aliphatic carbocycles. The predicted molar refractivity (Wildman–Crippen MR) is 109 cm³/mol. The summed E-state index contributed by atoms with van der Waals surface area (Å²) in [5.74, 6) is 0. The third kappa shape index (κ3) is 3.56. The molecule has 24 heavy (non-hydrogen) atoms. The fourth-order valence-electron chi connectivity index (χ4n) is 3.68. The van der Waals surface area contributed by atoms with Gasteiger partial charge < -0.3 is 5.32 Å². The van der Waals surface area contributed by atoms with E-state index in [0.717, 1.165) is 12.8 Å². The predicted octanol–water partition coefficient (Wildman–Crippen LogP) is 6.56. The van der Waals surface area contributed by atoms with Crippen molar-refractivity contribution in [3.05, 3.63) is 58.2 Å². The maximum Gasteiger partial charge on any atom is 0.0373 e. The highest BCUT2D eigenvalue weighted by Gasteiger charge is 2.14. The molecule has 0 bridgehead atoms. The van der Waals surface area contributed by atoms with Crippen molar-refractivity contribution >= 4 is 11.8 Å². The summed E-state index contributed by atoms with van der Waals surface area (Å²) in [5.41, 5.74) is 11.0. The summed E-state index contributed by atoms with van der Waals surface area (Å²) in [7, 11) is 2.01. The normalized spacial score (nSPS) is 11.2. The number of anilines is 1. The number of allylic oxidation sites excluding steroid dienone is 1. The zero-order valence-electron chi connectivity index (χ0n) is 16.1. The smallest absolute Gasteiger partial charge is 0.0373 e. The van der Waals surface area contributed by atoms with Crippen LogP contribution in [0.1, 0.15) is 55.0 Å². The van der Waals surface area contributed by atoms with Gasteiger partial charge in [0.15, 0.2) is 0 Å². The fraction of sp³-hybridized carbons (Fsp3) is 0.391. The molecule has 0 saturated carbocycles. The first kappa shape index (κ1) is 18.3. The van der Waals surface area contributed by atoms with Crippen molar-refractivity contribution in [1.29, 1.82) is 0 Å². The van der Waals surface area contributed by atoms with Crippen molar-refractivity contribution < 1.29 is 0 Å². The Balaban J connectivity index is 2.67. The highest BCUT2D eigenvalue weighted by atomic mass is 14.8. The second-order valence-electron chi connectivity index (χ2n) is 6.49. The van der Waals surface area contributed by atoms with Gasteiger partial charge in [0, 0.05) is 12.7 Å². The van der Waals surface area contributed by atoms with Crippen molar-refractivity contribution in [2.45, 2.75) is 53.9 Å². The summed E-state index contributed by atoms with van der Waals surface area (Å²) in [4.78, 5) is 0. The van der Waals surface area contributed by atoms with Gasteiger partial charge in [-0.1, -0.05) is 50.6 Å². The van der Waals surface area contributed by atoms with Crippen molar-refractivity contribution in [1.82, 2.24) is 0 Å². The highest BCUT2D eigenvalue weighted by molar-refractivity contribution is 5.78. The maximum absolute atomic E-state index is 3.34. The van der Waals surface area contributed by atoms with E-state index in [1.807, 2.05) is 7.05 Å². The van der Waals surface area contributed by atoms with E-state index < -0.39 is 0 Å². The first-order valence-electron chi connectivity index (χ1n) is 9.14. The Morgan fingerprint density at radius 2 is 1.83 bits per heavy atom. The van der Waals surface area contributed by atoms with Crippen LogP contribution in [0.3, 0.4) is 0 Å². The summed E-state index contributed by atoms with van der Waals surface area (Å²) < 4.78 is 0. The molecule has 2 aromatic rings. The summed E-state index contributed by atoms with van der Waals surface area (Å²) in [5, 5.41) is 3.34. The quantitative estimate of drug-likeness (QED) is 0.635. The number of rotatable bonds is 6. The standard InChI is InChI=1S/C23H31N/c1-7-10-18-12-13-20(15-19(18)11-8-2)23-16(4)14-22(24-6)17(5)21(23)9-3/h7,10,12-15,24H,8-9,11H2,1-6H3/b10-7-. The number of hydrogen-bond acceptors (Lipinski definition) is 1. The largest absolute Gasteiger partial charge is 0.388 e. The number of nitrogens with one attached hydrogen (secondary N) is 1. The number of hydrogen-bond donors (Lipinski definition) is 1. The Hall–Kier alpha value is -2.02. The zero-order valence-corrected chi connectivity index (χ0v) is 16.1. The van der Waals surface area contributed by atoms with E-state index >= 15 is 0 Å². The summed E-state index contributed by atoms with van der Waals surface area (Å²) in [6.07, 6.45) is 7.70. The molecular formula is C23H31N. The fourth-order valence-corrected chi connectivity index (χ4v) is 3.68. The first-order chi connectivity index (χ1) is 11.6. The van der Waals surface area contributed by atoms with E-state index in [1.165, 1.54) is 51.1 Å². The molecule has 1 N–H and O–H groups in total. The van der Waals surface area contributed by atoms with Gasteiger partial charge in [0.05, 0.1) is 0 Å². The lowest BCUT2D eigenvalue weighted by atomic mass is 9.87. The van der Waals surface area contributed by atoms with Crippen LogP contribution in [0.4, 0.5) is 5.69 Å². The third-order valence-corrected chi connectivity index (χ3v) is 4.83. The van der Waals surface area contributed by atoms with E-state index in [0.29, 0.717) is 0 Å². The van der Waals surface area contributed by atoms with Gasteiger partial charge in [-0.05, 0) is 78.6 Å². The van der Waals surface area contributed by atoms with Gasteiger partial charge >= 0.3 is 0 Å². The summed E-state index contributed by atoms with van der Waals surface area (Å²) in [6.45, 7) is 11.1. The van der Waals surface area contributed by atoms with E-state index in [-0.39, 0.29) is 0 Å². The van der Waals surface area contributed by atoms with E-state index in [1.54, 1.807) is 0 Å². The van der Waals surface area contributed by atoms with E-state index in [2.05, 4.69) is 76.4 Å². The molecule has 1 nitrogen and oxygen atoms in total. The Kier molecular flexibility index (Phi) is 6.25. The zero-order chi connectivity index (χ0) is 17.7. The monoisotopic (exact) mass is 321 g/mol. The molecule has 2 rings (SSSR count). The van der Waals surface area contributed by atoms with Crippen molar-refractivity contribution in [3.8, 4) is 11.1 Å². The van der Waals surface area contributed by atoms with Crippen LogP contribution in [-0.2, 0) is 12.8 Å². The SMILES string of the molecule is C/C=C\c1ccc(-c2c(C)cc(NC)c(C)c2CC)cc1CCC. The Morgan fingerprint density at radius 3 is 2.42 bits per heavy atom. The Bertz CT molecular complexity index is 738. The van der Waals surface area contributed by atoms with Gasteiger partial charge in [-0.15, -0.1) is 0 Å². The molecule has 0 amide bonds. The molecule has 0 unspecified atom stereocenters. The molecule has 2 aromatic carbocycles. The lowest BCUT2D eigenvalue weighted by Crippen LogP contribution is -2.02. The maximum atomic E-state index is 3.34. The number of benzene rings is 2. The van der Waals surface area contributed by atoms with Crippen LogP contribution >= 0.6 is 0 Å². The van der Waals surface area contributed by atoms with Crippen molar-refractivity contribution in [3.63, 3.8) is 0 Å². The molecular weight excluding hydrogens is 290 g/mol. The van der Waals surface area contributed by atoms with Gasteiger partial charge in [0.2, 0.25) is 0 Å². The highest BCUT2D eigenvalue weighted by Crippen LogP contribution is 2.35. The van der Waals surface area contributed by atoms with Crippen LogP contribution in [0.15, 0.2) is 30.3 Å². The minimum Gasteiger partial charge on any atom is -0.388 e.